The van der Waals surface area contributed by atoms with Crippen LogP contribution in [0.5, 0.6) is 0 Å². The Balaban J connectivity index is 2.18. The van der Waals surface area contributed by atoms with Gasteiger partial charge in [-0.2, -0.15) is 5.10 Å². The molecule has 0 saturated carbocycles. The summed E-state index contributed by atoms with van der Waals surface area (Å²) in [4.78, 5) is 38.5. The Morgan fingerprint density at radius 2 is 1.82 bits per heavy atom. The summed E-state index contributed by atoms with van der Waals surface area (Å²) in [5.41, 5.74) is 1.43. The summed E-state index contributed by atoms with van der Waals surface area (Å²) < 4.78 is 6.52. The van der Waals surface area contributed by atoms with Crippen LogP contribution < -0.4 is 10.6 Å². The molecule has 2 aromatic rings. The van der Waals surface area contributed by atoms with Crippen LogP contribution in [-0.2, 0) is 19.7 Å². The number of urea groups is 1. The summed E-state index contributed by atoms with van der Waals surface area (Å²) in [6.07, 6.45) is 0. The molecular formula is C24H35N5O4. The van der Waals surface area contributed by atoms with Crippen LogP contribution in [-0.4, -0.2) is 58.8 Å². The molecule has 9 nitrogen and oxygen atoms in total. The first-order valence-electron chi connectivity index (χ1n) is 11.2. The Hall–Kier alpha value is -3.36. The van der Waals surface area contributed by atoms with E-state index in [4.69, 9.17) is 9.84 Å². The zero-order chi connectivity index (χ0) is 24.6. The van der Waals surface area contributed by atoms with Gasteiger partial charge in [-0.25, -0.2) is 9.48 Å². The lowest BCUT2D eigenvalue weighted by Crippen LogP contribution is -2.47. The number of amides is 3. The van der Waals surface area contributed by atoms with E-state index in [-0.39, 0.29) is 36.9 Å². The van der Waals surface area contributed by atoms with Gasteiger partial charge in [0.15, 0.2) is 0 Å². The van der Waals surface area contributed by atoms with E-state index >= 15 is 0 Å². The molecule has 0 radical (unpaired) electrons. The molecule has 0 saturated heterocycles. The summed E-state index contributed by atoms with van der Waals surface area (Å²) in [6, 6.07) is 10.9. The van der Waals surface area contributed by atoms with E-state index < -0.39 is 12.0 Å². The highest BCUT2D eigenvalue weighted by molar-refractivity contribution is 5.94. The fourth-order valence-corrected chi connectivity index (χ4v) is 3.09. The topological polar surface area (TPSA) is 106 Å². The SMILES string of the molecule is CCOC(=O)CNC(=O)N(CC(=O)Nc1cc(C(C)(C)C)nn1-c1ccccc1)CC(C)C. The van der Waals surface area contributed by atoms with Crippen molar-refractivity contribution in [1.82, 2.24) is 20.0 Å². The van der Waals surface area contributed by atoms with Crippen LogP contribution in [0.2, 0.25) is 0 Å². The van der Waals surface area contributed by atoms with Gasteiger partial charge in [-0.1, -0.05) is 52.8 Å². The maximum Gasteiger partial charge on any atom is 0.325 e. The van der Waals surface area contributed by atoms with Gasteiger partial charge in [-0.3, -0.25) is 9.59 Å². The smallest absolute Gasteiger partial charge is 0.325 e. The van der Waals surface area contributed by atoms with Crippen LogP contribution in [0.15, 0.2) is 36.4 Å². The fourth-order valence-electron chi connectivity index (χ4n) is 3.09. The summed E-state index contributed by atoms with van der Waals surface area (Å²) in [5.74, 6) is -0.234. The molecule has 0 unspecified atom stereocenters. The minimum absolute atomic E-state index is 0.133. The summed E-state index contributed by atoms with van der Waals surface area (Å²) in [7, 11) is 0. The molecule has 0 aliphatic rings. The van der Waals surface area contributed by atoms with E-state index in [1.807, 2.05) is 50.2 Å². The van der Waals surface area contributed by atoms with Gasteiger partial charge in [-0.15, -0.1) is 0 Å². The normalized spacial score (nSPS) is 11.2. The zero-order valence-electron chi connectivity index (χ0n) is 20.3. The first kappa shape index (κ1) is 25.9. The molecule has 0 bridgehead atoms. The number of carbonyl (C=O) groups is 3. The van der Waals surface area contributed by atoms with Crippen LogP contribution >= 0.6 is 0 Å². The number of aromatic nitrogens is 2. The van der Waals surface area contributed by atoms with Gasteiger partial charge in [0, 0.05) is 18.0 Å². The third-order valence-electron chi connectivity index (χ3n) is 4.64. The third-order valence-corrected chi connectivity index (χ3v) is 4.64. The highest BCUT2D eigenvalue weighted by Crippen LogP contribution is 2.26. The van der Waals surface area contributed by atoms with Crippen molar-refractivity contribution in [1.29, 1.82) is 0 Å². The molecule has 0 fully saturated rings. The Kier molecular flexibility index (Phi) is 9.02. The molecule has 0 atom stereocenters. The second-order valence-electron chi connectivity index (χ2n) is 9.20. The predicted molar refractivity (Wildman–Crippen MR) is 127 cm³/mol. The van der Waals surface area contributed by atoms with E-state index in [1.165, 1.54) is 4.90 Å². The Morgan fingerprint density at radius 3 is 2.39 bits per heavy atom. The molecule has 1 heterocycles. The fraction of sp³-hybridized carbons (Fsp3) is 0.500. The van der Waals surface area contributed by atoms with Crippen LogP contribution in [0.25, 0.3) is 5.69 Å². The molecule has 0 aliphatic carbocycles. The van der Waals surface area contributed by atoms with E-state index in [0.717, 1.165) is 11.4 Å². The van der Waals surface area contributed by atoms with Crippen molar-refractivity contribution in [2.45, 2.75) is 47.0 Å². The van der Waals surface area contributed by atoms with Crippen molar-refractivity contribution in [2.24, 2.45) is 5.92 Å². The van der Waals surface area contributed by atoms with E-state index in [9.17, 15) is 14.4 Å². The quantitative estimate of drug-likeness (QED) is 0.562. The van der Waals surface area contributed by atoms with Gasteiger partial charge in [0.2, 0.25) is 5.91 Å². The average molecular weight is 458 g/mol. The number of hydrogen-bond acceptors (Lipinski definition) is 5. The highest BCUT2D eigenvalue weighted by Gasteiger charge is 2.23. The number of esters is 1. The first-order valence-corrected chi connectivity index (χ1v) is 11.2. The Morgan fingerprint density at radius 1 is 1.15 bits per heavy atom. The van der Waals surface area contributed by atoms with Crippen molar-refractivity contribution < 1.29 is 19.1 Å². The van der Waals surface area contributed by atoms with Crippen LogP contribution in [0, 0.1) is 5.92 Å². The Bertz CT molecular complexity index is 948. The van der Waals surface area contributed by atoms with Crippen molar-refractivity contribution in [3.63, 3.8) is 0 Å². The lowest BCUT2D eigenvalue weighted by atomic mass is 9.92. The maximum absolute atomic E-state index is 12.9. The standard InChI is InChI=1S/C24H35N5O4/c1-7-33-22(31)14-25-23(32)28(15-17(2)3)16-21(30)26-20-13-19(24(4,5)6)27-29(20)18-11-9-8-10-12-18/h8-13,17H,7,14-16H2,1-6H3,(H,25,32)(H,26,30). The number of para-hydroxylation sites is 1. The molecule has 180 valence electrons. The van der Waals surface area contributed by atoms with Gasteiger partial charge in [-0.05, 0) is 25.0 Å². The van der Waals surface area contributed by atoms with Gasteiger partial charge < -0.3 is 20.3 Å². The predicted octanol–water partition coefficient (Wildman–Crippen LogP) is 3.34. The number of hydrogen-bond donors (Lipinski definition) is 2. The third kappa shape index (κ3) is 7.93. The van der Waals surface area contributed by atoms with E-state index in [1.54, 1.807) is 11.6 Å². The largest absolute Gasteiger partial charge is 0.465 e. The summed E-state index contributed by atoms with van der Waals surface area (Å²) >= 11 is 0. The van der Waals surface area contributed by atoms with Gasteiger partial charge in [0.1, 0.15) is 18.9 Å². The van der Waals surface area contributed by atoms with Crippen molar-refractivity contribution in [2.75, 3.05) is 31.6 Å². The second-order valence-corrected chi connectivity index (χ2v) is 9.20. The molecule has 2 rings (SSSR count). The molecule has 0 aliphatic heterocycles. The molecule has 1 aromatic heterocycles. The minimum Gasteiger partial charge on any atom is -0.465 e. The van der Waals surface area contributed by atoms with Crippen LogP contribution in [0.4, 0.5) is 10.6 Å². The van der Waals surface area contributed by atoms with Crippen LogP contribution in [0.3, 0.4) is 0 Å². The first-order chi connectivity index (χ1) is 15.5. The average Bonchev–Trinajstić information content (AvgIpc) is 3.16. The molecule has 33 heavy (non-hydrogen) atoms. The van der Waals surface area contributed by atoms with Crippen molar-refractivity contribution in [3.05, 3.63) is 42.1 Å². The monoisotopic (exact) mass is 457 g/mol. The van der Waals surface area contributed by atoms with Crippen molar-refractivity contribution in [3.8, 4) is 5.69 Å². The molecule has 2 N–H and O–H groups in total. The number of anilines is 1. The zero-order valence-corrected chi connectivity index (χ0v) is 20.3. The van der Waals surface area contributed by atoms with E-state index in [0.29, 0.717) is 12.4 Å². The molecule has 0 spiro atoms. The summed E-state index contributed by atoms with van der Waals surface area (Å²) in [6.45, 7) is 11.9. The molecule has 1 aromatic carbocycles. The maximum atomic E-state index is 12.9. The van der Waals surface area contributed by atoms with Gasteiger partial charge in [0.25, 0.3) is 0 Å². The number of rotatable bonds is 9. The second kappa shape index (κ2) is 11.5. The molecular weight excluding hydrogens is 422 g/mol. The van der Waals surface area contributed by atoms with E-state index in [2.05, 4.69) is 31.4 Å². The highest BCUT2D eigenvalue weighted by atomic mass is 16.5. The molecule has 9 heteroatoms. The number of nitrogens with one attached hydrogen (secondary N) is 2. The van der Waals surface area contributed by atoms with Gasteiger partial charge in [0.05, 0.1) is 18.0 Å². The number of ether oxygens (including phenoxy) is 1. The summed E-state index contributed by atoms with van der Waals surface area (Å²) in [5, 5.41) is 10.1. The number of carbonyl (C=O) groups excluding carboxylic acids is 3. The van der Waals surface area contributed by atoms with Crippen LogP contribution in [0.1, 0.15) is 47.2 Å². The molecule has 3 amide bonds. The number of benzene rings is 1. The van der Waals surface area contributed by atoms with Gasteiger partial charge >= 0.3 is 12.0 Å². The van der Waals surface area contributed by atoms with Crippen molar-refractivity contribution >= 4 is 23.7 Å². The lowest BCUT2D eigenvalue weighted by Gasteiger charge is -2.24. The minimum atomic E-state index is -0.527. The number of nitrogens with zero attached hydrogens (tertiary/aromatic N) is 3. The lowest BCUT2D eigenvalue weighted by molar-refractivity contribution is -0.141. The Labute approximate surface area is 195 Å².